The molecule has 1 amide bonds. The number of alkyl halides is 3. The van der Waals surface area contributed by atoms with Crippen LogP contribution in [0.4, 0.5) is 18.9 Å². The third kappa shape index (κ3) is 4.68. The van der Waals surface area contributed by atoms with Gasteiger partial charge in [0.1, 0.15) is 0 Å². The molecule has 0 saturated heterocycles. The summed E-state index contributed by atoms with van der Waals surface area (Å²) in [4.78, 5) is 11.1. The molecule has 1 aromatic carbocycles. The summed E-state index contributed by atoms with van der Waals surface area (Å²) in [7, 11) is 0. The van der Waals surface area contributed by atoms with Crippen molar-refractivity contribution >= 4 is 40.5 Å². The molecular weight excluding hydrogens is 301 g/mol. The lowest BCUT2D eigenvalue weighted by Crippen LogP contribution is -2.33. The largest absolute Gasteiger partial charge is 0.416 e. The molecule has 0 heterocycles. The molecule has 1 aromatic rings. The molecule has 3 nitrogen and oxygen atoms in total. The minimum atomic E-state index is -4.48. The van der Waals surface area contributed by atoms with Gasteiger partial charge in [-0.1, -0.05) is 18.5 Å². The van der Waals surface area contributed by atoms with Crippen LogP contribution in [-0.2, 0) is 11.0 Å². The molecule has 0 spiro atoms. The van der Waals surface area contributed by atoms with Crippen molar-refractivity contribution in [3.05, 3.63) is 28.8 Å². The van der Waals surface area contributed by atoms with E-state index >= 15 is 0 Å². The minimum Gasteiger partial charge on any atom is -0.331 e. The Hall–Kier alpha value is -1.34. The van der Waals surface area contributed by atoms with E-state index in [0.717, 1.165) is 18.2 Å². The van der Waals surface area contributed by atoms with Crippen LogP contribution in [0.15, 0.2) is 18.2 Å². The molecule has 0 aliphatic rings. The highest BCUT2D eigenvalue weighted by molar-refractivity contribution is 7.80. The fourth-order valence-electron chi connectivity index (χ4n) is 1.17. The van der Waals surface area contributed by atoms with Crippen molar-refractivity contribution in [2.45, 2.75) is 19.5 Å². The van der Waals surface area contributed by atoms with Gasteiger partial charge in [0, 0.05) is 6.42 Å². The molecule has 0 aromatic heterocycles. The van der Waals surface area contributed by atoms with Gasteiger partial charge >= 0.3 is 6.18 Å². The molecule has 1 rings (SSSR count). The molecule has 0 bridgehead atoms. The minimum absolute atomic E-state index is 0.0158. The lowest BCUT2D eigenvalue weighted by molar-refractivity contribution is -0.137. The monoisotopic (exact) mass is 310 g/mol. The van der Waals surface area contributed by atoms with Crippen LogP contribution < -0.4 is 10.6 Å². The number of hydrogen-bond donors (Lipinski definition) is 2. The molecule has 19 heavy (non-hydrogen) atoms. The summed E-state index contributed by atoms with van der Waals surface area (Å²) >= 11 is 10.6. The van der Waals surface area contributed by atoms with E-state index in [2.05, 4.69) is 10.6 Å². The van der Waals surface area contributed by atoms with Gasteiger partial charge in [-0.25, -0.2) is 0 Å². The van der Waals surface area contributed by atoms with Crippen LogP contribution in [0.2, 0.25) is 5.02 Å². The highest BCUT2D eigenvalue weighted by Crippen LogP contribution is 2.33. The van der Waals surface area contributed by atoms with E-state index in [-0.39, 0.29) is 28.2 Å². The molecule has 0 aliphatic heterocycles. The molecule has 0 unspecified atom stereocenters. The van der Waals surface area contributed by atoms with Crippen molar-refractivity contribution in [3.63, 3.8) is 0 Å². The van der Waals surface area contributed by atoms with E-state index in [0.29, 0.717) is 0 Å². The van der Waals surface area contributed by atoms with Crippen LogP contribution in [-0.4, -0.2) is 11.0 Å². The summed E-state index contributed by atoms with van der Waals surface area (Å²) < 4.78 is 37.6. The maximum absolute atomic E-state index is 12.5. The highest BCUT2D eigenvalue weighted by Gasteiger charge is 2.31. The van der Waals surface area contributed by atoms with Crippen LogP contribution in [0.25, 0.3) is 0 Å². The van der Waals surface area contributed by atoms with Gasteiger partial charge in [0.15, 0.2) is 5.11 Å². The maximum Gasteiger partial charge on any atom is 0.416 e. The number of anilines is 1. The summed E-state index contributed by atoms with van der Waals surface area (Å²) in [6.07, 6.45) is -4.27. The number of rotatable bonds is 2. The van der Waals surface area contributed by atoms with Gasteiger partial charge in [-0.05, 0) is 30.4 Å². The number of amides is 1. The van der Waals surface area contributed by atoms with Crippen LogP contribution in [0.5, 0.6) is 0 Å². The topological polar surface area (TPSA) is 41.1 Å². The quantitative estimate of drug-likeness (QED) is 0.820. The number of carbonyl (C=O) groups is 1. The van der Waals surface area contributed by atoms with Crippen molar-refractivity contribution in [2.24, 2.45) is 0 Å². The SMILES string of the molecule is CCC(=O)NC(=S)Nc1cc(C(F)(F)F)ccc1Cl. The van der Waals surface area contributed by atoms with Crippen molar-refractivity contribution in [2.75, 3.05) is 5.32 Å². The second-order valence-corrected chi connectivity index (χ2v) is 4.36. The van der Waals surface area contributed by atoms with Crippen molar-refractivity contribution < 1.29 is 18.0 Å². The Morgan fingerprint density at radius 1 is 1.42 bits per heavy atom. The molecular formula is C11H10ClF3N2OS. The Bertz CT molecular complexity index is 505. The van der Waals surface area contributed by atoms with Gasteiger partial charge in [0.25, 0.3) is 0 Å². The number of benzene rings is 1. The Balaban J connectivity index is 2.89. The molecule has 0 atom stereocenters. The fourth-order valence-corrected chi connectivity index (χ4v) is 1.55. The van der Waals surface area contributed by atoms with Gasteiger partial charge in [-0.2, -0.15) is 13.2 Å². The predicted molar refractivity (Wildman–Crippen MR) is 71.1 cm³/mol. The van der Waals surface area contributed by atoms with Crippen LogP contribution in [0.1, 0.15) is 18.9 Å². The zero-order valence-corrected chi connectivity index (χ0v) is 11.3. The predicted octanol–water partition coefficient (Wildman–Crippen LogP) is 3.58. The van der Waals surface area contributed by atoms with E-state index in [4.69, 9.17) is 23.8 Å². The first-order valence-electron chi connectivity index (χ1n) is 5.21. The van der Waals surface area contributed by atoms with Gasteiger partial charge < -0.3 is 10.6 Å². The van der Waals surface area contributed by atoms with E-state index in [9.17, 15) is 18.0 Å². The number of nitrogens with one attached hydrogen (secondary N) is 2. The van der Waals surface area contributed by atoms with E-state index in [1.165, 1.54) is 0 Å². The number of thiocarbonyl (C=S) groups is 1. The van der Waals surface area contributed by atoms with Crippen LogP contribution in [0.3, 0.4) is 0 Å². The van der Waals surface area contributed by atoms with Crippen molar-refractivity contribution in [3.8, 4) is 0 Å². The van der Waals surface area contributed by atoms with E-state index in [1.54, 1.807) is 6.92 Å². The Labute approximate surface area is 118 Å². The average molecular weight is 311 g/mol. The molecule has 0 fully saturated rings. The third-order valence-corrected chi connectivity index (χ3v) is 2.65. The zero-order valence-electron chi connectivity index (χ0n) is 9.77. The van der Waals surface area contributed by atoms with Crippen LogP contribution in [0, 0.1) is 0 Å². The summed E-state index contributed by atoms with van der Waals surface area (Å²) in [5.74, 6) is -0.347. The van der Waals surface area contributed by atoms with E-state index in [1.807, 2.05) is 0 Å². The lowest BCUT2D eigenvalue weighted by Gasteiger charge is -2.13. The van der Waals surface area contributed by atoms with Gasteiger partial charge in [0.2, 0.25) is 5.91 Å². The summed E-state index contributed by atoms with van der Waals surface area (Å²) in [5, 5.41) is 4.73. The van der Waals surface area contributed by atoms with Gasteiger partial charge in [-0.3, -0.25) is 4.79 Å². The smallest absolute Gasteiger partial charge is 0.331 e. The van der Waals surface area contributed by atoms with Crippen LogP contribution >= 0.6 is 23.8 Å². The maximum atomic E-state index is 12.5. The fraction of sp³-hybridized carbons (Fsp3) is 0.273. The molecule has 8 heteroatoms. The summed E-state index contributed by atoms with van der Waals surface area (Å²) in [6.45, 7) is 1.62. The lowest BCUT2D eigenvalue weighted by atomic mass is 10.2. The van der Waals surface area contributed by atoms with Crippen molar-refractivity contribution in [1.82, 2.24) is 5.32 Å². The first-order valence-corrected chi connectivity index (χ1v) is 6.00. The molecule has 104 valence electrons. The number of halogens is 4. The van der Waals surface area contributed by atoms with E-state index < -0.39 is 11.7 Å². The average Bonchev–Trinajstić information content (AvgIpc) is 2.30. The summed E-state index contributed by atoms with van der Waals surface area (Å²) in [6, 6.07) is 2.80. The first kappa shape index (κ1) is 15.7. The highest BCUT2D eigenvalue weighted by atomic mass is 35.5. The Morgan fingerprint density at radius 2 is 2.05 bits per heavy atom. The summed E-state index contributed by atoms with van der Waals surface area (Å²) in [5.41, 5.74) is -0.873. The molecule has 0 saturated carbocycles. The van der Waals surface area contributed by atoms with Crippen molar-refractivity contribution in [1.29, 1.82) is 0 Å². The second kappa shape index (κ2) is 6.21. The number of hydrogen-bond acceptors (Lipinski definition) is 2. The third-order valence-electron chi connectivity index (χ3n) is 2.12. The Morgan fingerprint density at radius 3 is 2.58 bits per heavy atom. The molecule has 0 aliphatic carbocycles. The first-order chi connectivity index (χ1) is 8.74. The van der Waals surface area contributed by atoms with Gasteiger partial charge in [-0.15, -0.1) is 0 Å². The van der Waals surface area contributed by atoms with Gasteiger partial charge in [0.05, 0.1) is 16.3 Å². The molecule has 0 radical (unpaired) electrons. The second-order valence-electron chi connectivity index (χ2n) is 3.55. The standard InChI is InChI=1S/C11H10ClF3N2OS/c1-2-9(18)17-10(19)16-8-5-6(11(13,14)15)3-4-7(8)12/h3-5H,2H2,1H3,(H2,16,17,18,19). The normalized spacial score (nSPS) is 11.0. The molecule has 2 N–H and O–H groups in total. The number of carbonyl (C=O) groups excluding carboxylic acids is 1. The zero-order chi connectivity index (χ0) is 14.6. The Kier molecular flexibility index (Phi) is 5.13.